The van der Waals surface area contributed by atoms with E-state index in [0.29, 0.717) is 69.2 Å². The lowest BCUT2D eigenvalue weighted by molar-refractivity contribution is 0.0511. The van der Waals surface area contributed by atoms with Gasteiger partial charge in [0.2, 0.25) is 0 Å². The fourth-order valence-corrected chi connectivity index (χ4v) is 21.1. The van der Waals surface area contributed by atoms with Gasteiger partial charge in [-0.25, -0.2) is 0 Å². The molecule has 2 aliphatic heterocycles. The number of hydrogen-bond acceptors (Lipinski definition) is 8. The van der Waals surface area contributed by atoms with Crippen LogP contribution in [0.15, 0.2) is 60.7 Å². The average molecular weight is 987 g/mol. The number of fused-ring (bicyclic) bond motifs is 1. The van der Waals surface area contributed by atoms with Gasteiger partial charge < -0.3 is 28.4 Å². The number of methoxy groups -OCH3 is 4. The summed E-state index contributed by atoms with van der Waals surface area (Å²) in [6.07, 6.45) is 7.37. The highest BCUT2D eigenvalue weighted by molar-refractivity contribution is 6.52. The summed E-state index contributed by atoms with van der Waals surface area (Å²) in [4.78, 5) is 5.69. The predicted molar refractivity (Wildman–Crippen MR) is 294 cm³/mol. The maximum absolute atomic E-state index is 6.44. The molecule has 2 spiro atoms. The molecule has 11 aliphatic rings. The molecule has 0 N–H and O–H groups in total. The molecule has 2 saturated heterocycles. The van der Waals surface area contributed by atoms with E-state index in [1.807, 2.05) is 19.8 Å². The summed E-state index contributed by atoms with van der Waals surface area (Å²) < 4.78 is 36.5. The maximum Gasteiger partial charge on any atom is 0.123 e. The summed E-state index contributed by atoms with van der Waals surface area (Å²) in [6.45, 7) is 7.54. The molecule has 75 heavy (non-hydrogen) atoms. The quantitative estimate of drug-likeness (QED) is 0.0711. The first-order chi connectivity index (χ1) is 37.1. The van der Waals surface area contributed by atoms with Crippen molar-refractivity contribution in [3.63, 3.8) is 0 Å². The molecule has 0 aromatic heterocycles. The van der Waals surface area contributed by atoms with E-state index in [-0.39, 0.29) is 22.9 Å². The van der Waals surface area contributed by atoms with Gasteiger partial charge in [-0.05, 0) is 180 Å². The molecule has 9 unspecified atom stereocenters. The largest absolute Gasteiger partial charge is 0.496 e. The first-order valence-electron chi connectivity index (χ1n) is 28.3. The second kappa shape index (κ2) is 13.5. The number of ether oxygens (including phenoxy) is 6. The Morgan fingerprint density at radius 3 is 2.09 bits per heavy atom. The van der Waals surface area contributed by atoms with Crippen LogP contribution in [0.5, 0.6) is 11.5 Å². The number of para-hydroxylation sites is 2. The van der Waals surface area contributed by atoms with Crippen LogP contribution in [0.25, 0.3) is 87.4 Å². The molecule has 20 rings (SSSR count). The molecule has 9 aliphatic carbocycles. The smallest absolute Gasteiger partial charge is 0.123 e. The highest BCUT2D eigenvalue weighted by Gasteiger charge is 2.68. The molecule has 9 aromatic rings. The van der Waals surface area contributed by atoms with Crippen molar-refractivity contribution in [1.82, 2.24) is 9.80 Å². The van der Waals surface area contributed by atoms with Gasteiger partial charge >= 0.3 is 0 Å². The summed E-state index contributed by atoms with van der Waals surface area (Å²) in [7, 11) is 7.30. The summed E-state index contributed by atoms with van der Waals surface area (Å²) in [6, 6.07) is 23.8. The number of hydrogen-bond donors (Lipinski definition) is 0. The second-order valence-corrected chi connectivity index (χ2v) is 24.9. The molecule has 0 radical (unpaired) electrons. The van der Waals surface area contributed by atoms with Crippen LogP contribution in [-0.2, 0) is 37.2 Å². The third-order valence-electron chi connectivity index (χ3n) is 22.6. The molecule has 8 nitrogen and oxygen atoms in total. The van der Waals surface area contributed by atoms with Crippen LogP contribution in [0.1, 0.15) is 81.3 Å². The standard InChI is InChI=1S/C67H58N2O6/c1-70-17-19-74-15-13-68-28-39-37-24-31-21-32-25-38-48-52-43(32)42(31)51-47(37)60-58-54-50-44-30(23-34-27-67(39,63(60)46(34)50)65(68)36-10-6-8-12-41(36)73-4)22-33-26-66(62-45(33)49(44)53(54)57(59(48)62)56(52)55(51)58)29-69(14-16-75-20-18-71-2)64(61(38)66)35-9-5-7-11-40(35)72-3/h5-12,22-23,25,31,34,39,42,46,64-65H,13-21,24,26-29H2,1-4H3. The summed E-state index contributed by atoms with van der Waals surface area (Å²) in [5, 5.41) is 26.1. The molecule has 372 valence electrons. The molecule has 3 fully saturated rings. The van der Waals surface area contributed by atoms with Gasteiger partial charge in [0.15, 0.2) is 0 Å². The van der Waals surface area contributed by atoms with Crippen molar-refractivity contribution in [1.29, 1.82) is 0 Å². The zero-order chi connectivity index (χ0) is 48.9. The van der Waals surface area contributed by atoms with Crippen LogP contribution >= 0.6 is 0 Å². The van der Waals surface area contributed by atoms with E-state index in [2.05, 4.69) is 76.5 Å². The van der Waals surface area contributed by atoms with Crippen molar-refractivity contribution in [2.75, 3.05) is 94.3 Å². The van der Waals surface area contributed by atoms with Gasteiger partial charge in [-0.15, -0.1) is 0 Å². The first-order valence-corrected chi connectivity index (χ1v) is 28.3. The minimum absolute atomic E-state index is 0.0514. The van der Waals surface area contributed by atoms with Gasteiger partial charge in [-0.3, -0.25) is 9.80 Å². The van der Waals surface area contributed by atoms with Gasteiger partial charge in [-0.1, -0.05) is 60.2 Å². The van der Waals surface area contributed by atoms with Crippen molar-refractivity contribution >= 4 is 87.4 Å². The Balaban J connectivity index is 0.950. The Hall–Kier alpha value is -5.84. The molecule has 9 atom stereocenters. The van der Waals surface area contributed by atoms with Crippen molar-refractivity contribution in [3.8, 4) is 11.5 Å². The minimum Gasteiger partial charge on any atom is -0.496 e. The molecule has 9 aromatic carbocycles. The van der Waals surface area contributed by atoms with Gasteiger partial charge in [0, 0.05) is 86.2 Å². The van der Waals surface area contributed by atoms with Crippen LogP contribution in [0.2, 0.25) is 0 Å². The van der Waals surface area contributed by atoms with Crippen molar-refractivity contribution in [2.45, 2.75) is 55.0 Å². The zero-order valence-corrected chi connectivity index (χ0v) is 43.1. The maximum atomic E-state index is 6.44. The summed E-state index contributed by atoms with van der Waals surface area (Å²) >= 11 is 0. The topological polar surface area (TPSA) is 61.9 Å². The summed E-state index contributed by atoms with van der Waals surface area (Å²) in [5.74, 6) is 4.18. The van der Waals surface area contributed by atoms with Crippen LogP contribution < -0.4 is 30.3 Å². The van der Waals surface area contributed by atoms with Crippen molar-refractivity contribution < 1.29 is 28.4 Å². The van der Waals surface area contributed by atoms with E-state index in [4.69, 9.17) is 28.4 Å². The normalized spacial score (nSPS) is 29.8. The lowest BCUT2D eigenvalue weighted by atomic mass is 9.58. The SMILES string of the molecule is COCCOCCN1CC23Cc4cc5c6c7c8c9c%10c%11c%12c9c9c%13c%14c(cc(c%13c%13c2c4c6c8c%139)=C3C1c1ccccc1OC)CC(CC=%11C1CN(CCOCCOC)C(c2ccccc2OC)C12CC(C=5)C7C=%102)C%12%14. The molecular weight excluding hydrogens is 929 g/mol. The number of nitrogens with zero attached hydrogens (tertiary/aromatic N) is 2. The lowest BCUT2D eigenvalue weighted by Gasteiger charge is -2.45. The van der Waals surface area contributed by atoms with Gasteiger partial charge in [0.05, 0.1) is 59.9 Å². The molecule has 2 heterocycles. The van der Waals surface area contributed by atoms with Crippen LogP contribution in [0.3, 0.4) is 0 Å². The zero-order valence-electron chi connectivity index (χ0n) is 43.1. The third-order valence-corrected chi connectivity index (χ3v) is 22.6. The van der Waals surface area contributed by atoms with Crippen LogP contribution in [0.4, 0.5) is 0 Å². The number of rotatable bonds is 16. The molecule has 8 heteroatoms. The van der Waals surface area contributed by atoms with Crippen LogP contribution in [0, 0.1) is 23.2 Å². The molecular formula is C67H58N2O6. The van der Waals surface area contributed by atoms with Gasteiger partial charge in [0.25, 0.3) is 0 Å². The minimum atomic E-state index is -0.181. The Morgan fingerprint density at radius 1 is 0.587 bits per heavy atom. The highest BCUT2D eigenvalue weighted by Crippen LogP contribution is 2.76. The van der Waals surface area contributed by atoms with E-state index in [1.165, 1.54) is 22.8 Å². The second-order valence-electron chi connectivity index (χ2n) is 24.9. The lowest BCUT2D eigenvalue weighted by Crippen LogP contribution is -2.48. The Morgan fingerprint density at radius 2 is 1.29 bits per heavy atom. The monoisotopic (exact) mass is 986 g/mol. The fourth-order valence-electron chi connectivity index (χ4n) is 21.1. The predicted octanol–water partition coefficient (Wildman–Crippen LogP) is 8.18. The molecule has 1 saturated carbocycles. The molecule has 0 bridgehead atoms. The summed E-state index contributed by atoms with van der Waals surface area (Å²) in [5.41, 5.74) is 17.6. The molecule has 0 amide bonds. The van der Waals surface area contributed by atoms with Gasteiger partial charge in [0.1, 0.15) is 11.5 Å². The Bertz CT molecular complexity index is 4480. The highest BCUT2D eigenvalue weighted by atomic mass is 16.5. The van der Waals surface area contributed by atoms with E-state index in [1.54, 1.807) is 139 Å². The first kappa shape index (κ1) is 41.3. The third kappa shape index (κ3) is 4.18. The Kier molecular flexibility index (Phi) is 7.42. The number of likely N-dealkylation sites (tertiary alicyclic amines) is 2. The van der Waals surface area contributed by atoms with E-state index < -0.39 is 0 Å². The van der Waals surface area contributed by atoms with Crippen molar-refractivity contribution in [3.05, 3.63) is 126 Å². The fraction of sp³-hybridized carbons (Fsp3) is 0.403. The van der Waals surface area contributed by atoms with E-state index >= 15 is 0 Å². The Labute approximate surface area is 433 Å². The average Bonchev–Trinajstić information content (AvgIpc) is 4.42. The van der Waals surface area contributed by atoms with E-state index in [9.17, 15) is 0 Å². The van der Waals surface area contributed by atoms with E-state index in [0.717, 1.165) is 56.9 Å². The number of benzene rings is 6. The van der Waals surface area contributed by atoms with Crippen molar-refractivity contribution in [2.24, 2.45) is 23.2 Å². The van der Waals surface area contributed by atoms with Crippen LogP contribution in [-0.4, -0.2) is 104 Å². The van der Waals surface area contributed by atoms with Gasteiger partial charge in [-0.2, -0.15) is 0 Å².